The Bertz CT molecular complexity index is 743. The van der Waals surface area contributed by atoms with Crippen molar-refractivity contribution in [1.82, 2.24) is 0 Å². The molecule has 7 heteroatoms. The fourth-order valence-electron chi connectivity index (χ4n) is 1.71. The van der Waals surface area contributed by atoms with E-state index in [0.29, 0.717) is 21.5 Å². The normalized spacial score (nSPS) is 9.88. The van der Waals surface area contributed by atoms with Crippen LogP contribution in [0.5, 0.6) is 11.5 Å². The number of nitrogens with zero attached hydrogens (tertiary/aromatic N) is 1. The number of esters is 1. The van der Waals surface area contributed by atoms with Gasteiger partial charge in [-0.3, -0.25) is 0 Å². The molecule has 0 unspecified atom stereocenters. The fraction of sp³-hybridized carbons (Fsp3) is 0.176. The van der Waals surface area contributed by atoms with Crippen LogP contribution in [0, 0.1) is 17.1 Å². The number of hydrogen-bond acceptors (Lipinski definition) is 5. The molecular weight excluding hydrogens is 381 g/mol. The minimum atomic E-state index is -0.561. The van der Waals surface area contributed by atoms with Gasteiger partial charge in [-0.2, -0.15) is 5.26 Å². The Labute approximate surface area is 146 Å². The lowest BCUT2D eigenvalue weighted by molar-refractivity contribution is -0.146. The number of hydrogen-bond donors (Lipinski definition) is 0. The third kappa shape index (κ3) is 5.56. The van der Waals surface area contributed by atoms with Gasteiger partial charge in [-0.25, -0.2) is 9.18 Å². The molecule has 24 heavy (non-hydrogen) atoms. The van der Waals surface area contributed by atoms with Crippen LogP contribution in [0.1, 0.15) is 5.56 Å². The number of carbonyl (C=O) groups is 1. The number of ether oxygens (including phenoxy) is 3. The minimum Gasteiger partial charge on any atom is -0.490 e. The summed E-state index contributed by atoms with van der Waals surface area (Å²) in [6.45, 7) is -0.0498. The number of halogens is 2. The number of nitriles is 1. The molecule has 0 aliphatic rings. The Balaban J connectivity index is 1.66. The van der Waals surface area contributed by atoms with E-state index in [1.54, 1.807) is 24.3 Å². The van der Waals surface area contributed by atoms with Crippen molar-refractivity contribution in [3.8, 4) is 17.6 Å². The summed E-state index contributed by atoms with van der Waals surface area (Å²) in [5, 5.41) is 8.69. The van der Waals surface area contributed by atoms with Crippen LogP contribution in [0.3, 0.4) is 0 Å². The first kappa shape index (κ1) is 17.8. The van der Waals surface area contributed by atoms with Crippen molar-refractivity contribution < 1.29 is 23.4 Å². The number of rotatable bonds is 7. The van der Waals surface area contributed by atoms with Crippen LogP contribution in [0.2, 0.25) is 0 Å². The summed E-state index contributed by atoms with van der Waals surface area (Å²) >= 11 is 3.14. The highest BCUT2D eigenvalue weighted by Crippen LogP contribution is 2.25. The Morgan fingerprint density at radius 2 is 1.88 bits per heavy atom. The zero-order chi connectivity index (χ0) is 17.4. The molecule has 0 atom stereocenters. The lowest BCUT2D eigenvalue weighted by atomic mass is 10.2. The van der Waals surface area contributed by atoms with Gasteiger partial charge in [-0.1, -0.05) is 0 Å². The second kappa shape index (κ2) is 8.89. The maximum absolute atomic E-state index is 12.9. The molecule has 0 heterocycles. The van der Waals surface area contributed by atoms with E-state index in [1.165, 1.54) is 18.2 Å². The van der Waals surface area contributed by atoms with Crippen molar-refractivity contribution in [3.63, 3.8) is 0 Å². The van der Waals surface area contributed by atoms with Gasteiger partial charge in [-0.15, -0.1) is 0 Å². The second-order valence-corrected chi connectivity index (χ2v) is 5.42. The van der Waals surface area contributed by atoms with Crippen LogP contribution in [0.25, 0.3) is 0 Å². The van der Waals surface area contributed by atoms with Crippen LogP contribution in [0.15, 0.2) is 46.9 Å². The molecule has 0 N–H and O–H groups in total. The van der Waals surface area contributed by atoms with Crippen molar-refractivity contribution in [1.29, 1.82) is 5.26 Å². The molecule has 124 valence electrons. The molecule has 2 aromatic carbocycles. The van der Waals surface area contributed by atoms with E-state index < -0.39 is 11.8 Å². The lowest BCUT2D eigenvalue weighted by Crippen LogP contribution is -2.18. The molecule has 0 spiro atoms. The molecule has 0 aliphatic carbocycles. The van der Waals surface area contributed by atoms with Crippen molar-refractivity contribution in [2.75, 3.05) is 19.8 Å². The third-order valence-electron chi connectivity index (χ3n) is 2.84. The first-order valence-corrected chi connectivity index (χ1v) is 7.74. The largest absolute Gasteiger partial charge is 0.490 e. The van der Waals surface area contributed by atoms with Gasteiger partial charge in [0.25, 0.3) is 0 Å². The highest BCUT2D eigenvalue weighted by atomic mass is 79.9. The highest BCUT2D eigenvalue weighted by Gasteiger charge is 2.07. The summed E-state index contributed by atoms with van der Waals surface area (Å²) in [5.41, 5.74) is 0.540. The second-order valence-electron chi connectivity index (χ2n) is 4.57. The molecule has 0 bridgehead atoms. The Kier molecular flexibility index (Phi) is 6.58. The Morgan fingerprint density at radius 1 is 1.12 bits per heavy atom. The zero-order valence-electron chi connectivity index (χ0n) is 12.5. The molecule has 0 saturated heterocycles. The van der Waals surface area contributed by atoms with Crippen LogP contribution >= 0.6 is 15.9 Å². The van der Waals surface area contributed by atoms with Crippen LogP contribution in [0.4, 0.5) is 4.39 Å². The third-order valence-corrected chi connectivity index (χ3v) is 3.46. The van der Waals surface area contributed by atoms with E-state index in [4.69, 9.17) is 19.5 Å². The van der Waals surface area contributed by atoms with Gasteiger partial charge >= 0.3 is 5.97 Å². The standard InChI is InChI=1S/C17H13BrFNO4/c18-15-9-13(19)3-6-16(15)24-11-17(21)23-8-7-22-14-4-1-12(10-20)2-5-14/h1-6,9H,7-8,11H2. The molecule has 0 amide bonds. The predicted molar refractivity (Wildman–Crippen MR) is 87.2 cm³/mol. The van der Waals surface area contributed by atoms with Crippen molar-refractivity contribution in [3.05, 3.63) is 58.3 Å². The van der Waals surface area contributed by atoms with Crippen molar-refractivity contribution in [2.45, 2.75) is 0 Å². The summed E-state index contributed by atoms with van der Waals surface area (Å²) in [6, 6.07) is 12.5. The average Bonchev–Trinajstić information content (AvgIpc) is 2.58. The molecule has 0 radical (unpaired) electrons. The van der Waals surface area contributed by atoms with E-state index in [-0.39, 0.29) is 19.8 Å². The molecule has 0 aromatic heterocycles. The van der Waals surface area contributed by atoms with Gasteiger partial charge < -0.3 is 14.2 Å². The van der Waals surface area contributed by atoms with Crippen LogP contribution in [-0.4, -0.2) is 25.8 Å². The van der Waals surface area contributed by atoms with E-state index in [9.17, 15) is 9.18 Å². The Morgan fingerprint density at radius 3 is 2.54 bits per heavy atom. The Hall–Kier alpha value is -2.59. The van der Waals surface area contributed by atoms with Gasteiger partial charge in [0.05, 0.1) is 16.1 Å². The first-order chi connectivity index (χ1) is 11.6. The molecule has 0 saturated carbocycles. The maximum Gasteiger partial charge on any atom is 0.344 e. The van der Waals surface area contributed by atoms with Crippen molar-refractivity contribution in [2.24, 2.45) is 0 Å². The van der Waals surface area contributed by atoms with E-state index >= 15 is 0 Å². The van der Waals surface area contributed by atoms with E-state index in [1.807, 2.05) is 6.07 Å². The summed E-state index contributed by atoms with van der Waals surface area (Å²) < 4.78 is 28.9. The quantitative estimate of drug-likeness (QED) is 0.532. The monoisotopic (exact) mass is 393 g/mol. The highest BCUT2D eigenvalue weighted by molar-refractivity contribution is 9.10. The number of carbonyl (C=O) groups excluding carboxylic acids is 1. The molecule has 0 aliphatic heterocycles. The minimum absolute atomic E-state index is 0.0623. The van der Waals surface area contributed by atoms with Crippen LogP contribution < -0.4 is 9.47 Å². The van der Waals surface area contributed by atoms with Gasteiger partial charge in [-0.05, 0) is 58.4 Å². The average molecular weight is 394 g/mol. The topological polar surface area (TPSA) is 68.5 Å². The van der Waals surface area contributed by atoms with Gasteiger partial charge in [0.15, 0.2) is 6.61 Å². The lowest BCUT2D eigenvalue weighted by Gasteiger charge is -2.09. The molecular formula is C17H13BrFNO4. The van der Waals surface area contributed by atoms with E-state index in [0.717, 1.165) is 0 Å². The van der Waals surface area contributed by atoms with Gasteiger partial charge in [0, 0.05) is 0 Å². The fourth-order valence-corrected chi connectivity index (χ4v) is 2.18. The molecule has 2 rings (SSSR count). The van der Waals surface area contributed by atoms with Crippen molar-refractivity contribution >= 4 is 21.9 Å². The predicted octanol–water partition coefficient (Wildman–Crippen LogP) is 3.46. The summed E-state index contributed by atoms with van der Waals surface area (Å²) in [5.74, 6) is -0.0369. The summed E-state index contributed by atoms with van der Waals surface area (Å²) in [7, 11) is 0. The molecule has 0 fully saturated rings. The molecule has 5 nitrogen and oxygen atoms in total. The zero-order valence-corrected chi connectivity index (χ0v) is 14.1. The summed E-state index contributed by atoms with van der Waals surface area (Å²) in [4.78, 5) is 11.6. The van der Waals surface area contributed by atoms with Gasteiger partial charge in [0.1, 0.15) is 30.5 Å². The maximum atomic E-state index is 12.9. The van der Waals surface area contributed by atoms with E-state index in [2.05, 4.69) is 15.9 Å². The summed E-state index contributed by atoms with van der Waals surface area (Å²) in [6.07, 6.45) is 0. The molecule has 2 aromatic rings. The van der Waals surface area contributed by atoms with Crippen LogP contribution in [-0.2, 0) is 9.53 Å². The smallest absolute Gasteiger partial charge is 0.344 e. The van der Waals surface area contributed by atoms with Gasteiger partial charge in [0.2, 0.25) is 0 Å². The SMILES string of the molecule is N#Cc1ccc(OCCOC(=O)COc2ccc(F)cc2Br)cc1. The number of benzene rings is 2. The first-order valence-electron chi connectivity index (χ1n) is 6.95.